The van der Waals surface area contributed by atoms with Gasteiger partial charge in [-0.3, -0.25) is 19.4 Å². The zero-order chi connectivity index (χ0) is 32.8. The summed E-state index contributed by atoms with van der Waals surface area (Å²) in [6.07, 6.45) is 0.0424. The fourth-order valence-corrected chi connectivity index (χ4v) is 6.76. The van der Waals surface area contributed by atoms with Crippen LogP contribution in [-0.4, -0.2) is 104 Å². The summed E-state index contributed by atoms with van der Waals surface area (Å²) in [7, 11) is 1.83. The van der Waals surface area contributed by atoms with Gasteiger partial charge in [0, 0.05) is 58.9 Å². The molecule has 0 unspecified atom stereocenters. The predicted octanol–water partition coefficient (Wildman–Crippen LogP) is 2.64. The van der Waals surface area contributed by atoms with E-state index < -0.39 is 18.2 Å². The average Bonchev–Trinajstić information content (AvgIpc) is 3.70. The van der Waals surface area contributed by atoms with Crippen molar-refractivity contribution in [2.75, 3.05) is 32.7 Å². The van der Waals surface area contributed by atoms with Gasteiger partial charge in [-0.2, -0.15) is 0 Å². The van der Waals surface area contributed by atoms with Crippen LogP contribution in [0.2, 0.25) is 0 Å². The van der Waals surface area contributed by atoms with Gasteiger partial charge >= 0.3 is 6.09 Å². The number of aromatic nitrogens is 3. The van der Waals surface area contributed by atoms with E-state index in [-0.39, 0.29) is 24.4 Å². The molecule has 0 radical (unpaired) electrons. The lowest BCUT2D eigenvalue weighted by Gasteiger charge is -2.38. The largest absolute Gasteiger partial charge is 0.465 e. The highest BCUT2D eigenvalue weighted by Crippen LogP contribution is 2.26. The molecule has 1 aromatic heterocycles. The highest BCUT2D eigenvalue weighted by molar-refractivity contribution is 5.92. The van der Waals surface area contributed by atoms with E-state index >= 15 is 0 Å². The van der Waals surface area contributed by atoms with Gasteiger partial charge in [-0.25, -0.2) is 9.48 Å². The topological polar surface area (TPSA) is 136 Å². The van der Waals surface area contributed by atoms with Gasteiger partial charge in [0.2, 0.25) is 11.8 Å². The highest BCUT2D eigenvalue weighted by atomic mass is 16.4. The number of nitrogens with one attached hydrogen (secondary N) is 2. The van der Waals surface area contributed by atoms with Crippen LogP contribution in [0.25, 0.3) is 11.0 Å². The van der Waals surface area contributed by atoms with Crippen LogP contribution in [0.4, 0.5) is 4.79 Å². The quantitative estimate of drug-likeness (QED) is 0.228. The smallest absolute Gasteiger partial charge is 0.405 e. The van der Waals surface area contributed by atoms with Crippen LogP contribution < -0.4 is 10.6 Å². The third-order valence-corrected chi connectivity index (χ3v) is 9.34. The lowest BCUT2D eigenvalue weighted by molar-refractivity contribution is -0.140. The van der Waals surface area contributed by atoms with Crippen LogP contribution in [-0.2, 0) is 36.1 Å². The Morgan fingerprint density at radius 3 is 2.32 bits per heavy atom. The number of carbonyl (C=O) groups is 3. The summed E-state index contributed by atoms with van der Waals surface area (Å²) in [6, 6.07) is 24.1. The minimum Gasteiger partial charge on any atom is -0.465 e. The number of likely N-dealkylation sites (tertiary alicyclic amines) is 1. The van der Waals surface area contributed by atoms with Crippen molar-refractivity contribution in [3.8, 4) is 0 Å². The number of fused-ring (bicyclic) bond motifs is 1. The van der Waals surface area contributed by atoms with Crippen molar-refractivity contribution >= 4 is 28.9 Å². The van der Waals surface area contributed by atoms with Crippen molar-refractivity contribution in [3.05, 3.63) is 95.6 Å². The van der Waals surface area contributed by atoms with Gasteiger partial charge in [0.15, 0.2) is 0 Å². The molecule has 12 heteroatoms. The first-order valence-corrected chi connectivity index (χ1v) is 16.2. The summed E-state index contributed by atoms with van der Waals surface area (Å²) in [5, 5.41) is 23.4. The standard InChI is InChI=1S/C35H42N8O4/c1-40-31-15-13-27(20-30(31)38-39-40)22-36-33(44)32-21-28(42-18-16-41(17-19-42)23-26-10-6-3-7-11-26)24-43(32)34(45)29(37-35(46)47)14-12-25-8-4-2-5-9-25/h2-11,13,15,20,28-29,32,37H,12,14,16-19,21-24H2,1H3,(H,36,44)(H,46,47)/t28-,29+,32-/m0/s1. The van der Waals surface area contributed by atoms with Gasteiger partial charge < -0.3 is 20.6 Å². The molecule has 2 aliphatic heterocycles. The van der Waals surface area contributed by atoms with Crippen molar-refractivity contribution in [1.29, 1.82) is 0 Å². The molecule has 0 aliphatic carbocycles. The van der Waals surface area contributed by atoms with Crippen molar-refractivity contribution < 1.29 is 19.5 Å². The minimum atomic E-state index is -1.26. The average molecular weight is 639 g/mol. The van der Waals surface area contributed by atoms with Gasteiger partial charge in [0.1, 0.15) is 17.6 Å². The SMILES string of the molecule is Cn1nnc2cc(CNC(=O)[C@@H]3C[C@H](N4CCN(Cc5ccccc5)CC4)CN3C(=O)[C@@H](CCc3ccccc3)NC(=O)O)ccc21. The molecule has 2 saturated heterocycles. The number of carbonyl (C=O) groups excluding carboxylic acids is 2. The second kappa shape index (κ2) is 14.7. The van der Waals surface area contributed by atoms with E-state index in [1.807, 2.05) is 61.6 Å². The summed E-state index contributed by atoms with van der Waals surface area (Å²) in [4.78, 5) is 46.1. The zero-order valence-electron chi connectivity index (χ0n) is 26.7. The van der Waals surface area contributed by atoms with Crippen LogP contribution in [0, 0.1) is 0 Å². The molecule has 2 fully saturated rings. The lowest BCUT2D eigenvalue weighted by Crippen LogP contribution is -2.54. The second-order valence-electron chi connectivity index (χ2n) is 12.5. The molecule has 6 rings (SSSR count). The molecule has 3 aromatic carbocycles. The minimum absolute atomic E-state index is 0.0101. The van der Waals surface area contributed by atoms with E-state index in [4.69, 9.17) is 0 Å². The Balaban J connectivity index is 1.15. The number of nitrogens with zero attached hydrogens (tertiary/aromatic N) is 6. The Hall–Kier alpha value is -4.81. The third-order valence-electron chi connectivity index (χ3n) is 9.34. The normalized spacial score (nSPS) is 19.5. The molecule has 12 nitrogen and oxygen atoms in total. The van der Waals surface area contributed by atoms with Crippen molar-refractivity contribution in [1.82, 2.24) is 40.3 Å². The van der Waals surface area contributed by atoms with Gasteiger partial charge in [-0.05, 0) is 48.1 Å². The molecule has 246 valence electrons. The molecule has 0 saturated carbocycles. The monoisotopic (exact) mass is 638 g/mol. The molecule has 2 aliphatic rings. The summed E-state index contributed by atoms with van der Waals surface area (Å²) >= 11 is 0. The Morgan fingerprint density at radius 2 is 1.62 bits per heavy atom. The van der Waals surface area contributed by atoms with E-state index in [1.165, 1.54) is 5.56 Å². The first-order valence-electron chi connectivity index (χ1n) is 16.2. The number of benzene rings is 3. The number of amides is 3. The molecule has 3 N–H and O–H groups in total. The molecular weight excluding hydrogens is 596 g/mol. The molecule has 47 heavy (non-hydrogen) atoms. The van der Waals surface area contributed by atoms with Crippen LogP contribution in [0.1, 0.15) is 29.5 Å². The van der Waals surface area contributed by atoms with Gasteiger partial charge in [-0.1, -0.05) is 71.9 Å². The first-order chi connectivity index (χ1) is 22.8. The van der Waals surface area contributed by atoms with Crippen molar-refractivity contribution in [2.24, 2.45) is 7.05 Å². The van der Waals surface area contributed by atoms with Crippen LogP contribution in [0.15, 0.2) is 78.9 Å². The number of aryl methyl sites for hydroxylation is 2. The molecule has 0 spiro atoms. The molecule has 4 aromatic rings. The maximum atomic E-state index is 14.1. The number of hydrogen-bond acceptors (Lipinski definition) is 7. The van der Waals surface area contributed by atoms with Gasteiger partial charge in [0.05, 0.1) is 5.52 Å². The zero-order valence-corrected chi connectivity index (χ0v) is 26.7. The Bertz CT molecular complexity index is 1670. The molecular formula is C35H42N8O4. The number of rotatable bonds is 11. The van der Waals surface area contributed by atoms with E-state index in [9.17, 15) is 19.5 Å². The lowest BCUT2D eigenvalue weighted by atomic mass is 10.0. The van der Waals surface area contributed by atoms with Gasteiger partial charge in [-0.15, -0.1) is 5.10 Å². The Morgan fingerprint density at radius 1 is 0.915 bits per heavy atom. The Kier molecular flexibility index (Phi) is 10.1. The van der Waals surface area contributed by atoms with Gasteiger partial charge in [0.25, 0.3) is 0 Å². The predicted molar refractivity (Wildman–Crippen MR) is 177 cm³/mol. The van der Waals surface area contributed by atoms with E-state index in [1.54, 1.807) is 9.58 Å². The molecule has 3 heterocycles. The maximum absolute atomic E-state index is 14.1. The maximum Gasteiger partial charge on any atom is 0.405 e. The second-order valence-corrected chi connectivity index (χ2v) is 12.5. The van der Waals surface area contributed by atoms with Crippen LogP contribution >= 0.6 is 0 Å². The third kappa shape index (κ3) is 7.95. The molecule has 0 bridgehead atoms. The van der Waals surface area contributed by atoms with E-state index in [0.717, 1.165) is 54.9 Å². The summed E-state index contributed by atoms with van der Waals surface area (Å²) in [6.45, 7) is 4.97. The van der Waals surface area contributed by atoms with Crippen molar-refractivity contribution in [2.45, 2.75) is 50.5 Å². The molecule has 3 atom stereocenters. The number of hydrogen-bond donors (Lipinski definition) is 3. The Labute approximate surface area is 274 Å². The van der Waals surface area contributed by atoms with E-state index in [0.29, 0.717) is 25.8 Å². The number of piperazine rings is 1. The highest BCUT2D eigenvalue weighted by Gasteiger charge is 2.44. The summed E-state index contributed by atoms with van der Waals surface area (Å²) < 4.78 is 1.70. The summed E-state index contributed by atoms with van der Waals surface area (Å²) in [5.74, 6) is -0.616. The number of carboxylic acid groups (broad SMARTS) is 1. The van der Waals surface area contributed by atoms with Crippen molar-refractivity contribution in [3.63, 3.8) is 0 Å². The fourth-order valence-electron chi connectivity index (χ4n) is 6.76. The summed E-state index contributed by atoms with van der Waals surface area (Å²) in [5.41, 5.74) is 4.80. The van der Waals surface area contributed by atoms with Crippen LogP contribution in [0.3, 0.4) is 0 Å². The van der Waals surface area contributed by atoms with Crippen LogP contribution in [0.5, 0.6) is 0 Å². The molecule has 3 amide bonds. The first kappa shape index (κ1) is 32.1. The van der Waals surface area contributed by atoms with E-state index in [2.05, 4.69) is 55.0 Å². The fraction of sp³-hybridized carbons (Fsp3) is 0.400.